The molecule has 0 amide bonds. The molecule has 0 aromatic carbocycles. The Balaban J connectivity index is 5.48. The van der Waals surface area contributed by atoms with E-state index in [1.165, 1.54) is 206 Å². The van der Waals surface area contributed by atoms with Gasteiger partial charge in [-0.25, -0.2) is 0 Å². The van der Waals surface area contributed by atoms with Gasteiger partial charge in [0.25, 0.3) is 0 Å². The van der Waals surface area contributed by atoms with Crippen LogP contribution >= 0.6 is 0 Å². The van der Waals surface area contributed by atoms with Crippen molar-refractivity contribution >= 4 is 0 Å². The van der Waals surface area contributed by atoms with Gasteiger partial charge in [0.1, 0.15) is 0 Å². The van der Waals surface area contributed by atoms with E-state index in [9.17, 15) is 0 Å². The van der Waals surface area contributed by atoms with E-state index in [-0.39, 0.29) is 0 Å². The molecule has 5 nitrogen and oxygen atoms in total. The molecule has 1 unspecified atom stereocenters. The predicted molar refractivity (Wildman–Crippen MR) is 195 cm³/mol. The zero-order valence-electron chi connectivity index (χ0n) is 29.7. The van der Waals surface area contributed by atoms with Crippen LogP contribution in [0.1, 0.15) is 200 Å². The summed E-state index contributed by atoms with van der Waals surface area (Å²) in [7, 11) is 0. The van der Waals surface area contributed by atoms with Gasteiger partial charge in [0.05, 0.1) is 0 Å². The Morgan fingerprint density at radius 3 is 0.907 bits per heavy atom. The molecular weight excluding hydrogens is 526 g/mol. The average Bonchev–Trinajstić information content (AvgIpc) is 3.02. The first-order valence-corrected chi connectivity index (χ1v) is 19.8. The van der Waals surface area contributed by atoms with Gasteiger partial charge in [0.15, 0.2) is 0 Å². The van der Waals surface area contributed by atoms with E-state index in [0.717, 1.165) is 26.2 Å². The lowest BCUT2D eigenvalue weighted by Crippen LogP contribution is -2.50. The first kappa shape index (κ1) is 42.8. The highest BCUT2D eigenvalue weighted by Gasteiger charge is 2.34. The monoisotopic (exact) mass is 610 g/mol. The van der Waals surface area contributed by atoms with E-state index in [1.54, 1.807) is 0 Å². The van der Waals surface area contributed by atoms with Gasteiger partial charge < -0.3 is 22.9 Å². The number of nitrogens with two attached hydrogens (primary N) is 4. The highest BCUT2D eigenvalue weighted by atomic mass is 15.2. The van der Waals surface area contributed by atoms with Crippen LogP contribution in [0.2, 0.25) is 0 Å². The molecule has 0 radical (unpaired) electrons. The molecule has 0 fully saturated rings. The number of rotatable bonds is 37. The lowest BCUT2D eigenvalue weighted by atomic mass is 9.79. The summed E-state index contributed by atoms with van der Waals surface area (Å²) in [5, 5.41) is 0. The van der Waals surface area contributed by atoms with Crippen molar-refractivity contribution in [3.63, 3.8) is 0 Å². The van der Waals surface area contributed by atoms with Crippen LogP contribution in [-0.4, -0.2) is 49.7 Å². The van der Waals surface area contributed by atoms with Crippen LogP contribution in [0.3, 0.4) is 0 Å². The maximum absolute atomic E-state index is 5.93. The van der Waals surface area contributed by atoms with Crippen molar-refractivity contribution in [3.05, 3.63) is 0 Å². The topological polar surface area (TPSA) is 107 Å². The summed E-state index contributed by atoms with van der Waals surface area (Å²) >= 11 is 0. The first-order valence-electron chi connectivity index (χ1n) is 19.8. The molecule has 0 bridgehead atoms. The van der Waals surface area contributed by atoms with Gasteiger partial charge in [-0.15, -0.1) is 0 Å². The third kappa shape index (κ3) is 26.7. The van der Waals surface area contributed by atoms with Crippen molar-refractivity contribution in [1.82, 2.24) is 4.90 Å². The molecule has 8 N–H and O–H groups in total. The number of hydrogen-bond donors (Lipinski definition) is 4. The Labute approximate surface area is 271 Å². The standard InChI is InChI=1S/C38H83N5/c1-2-3-4-5-6-7-8-12-20-29-38(31-22-19-26-35-42,30-21-13-16-25-34-41)43(37-28-18-11-15-24-33-40)36-27-17-10-9-14-23-32-39/h2-37,39-42H2,1H3. The van der Waals surface area contributed by atoms with Crippen molar-refractivity contribution in [2.45, 2.75) is 205 Å². The molecule has 0 aromatic rings. The fourth-order valence-electron chi connectivity index (χ4n) is 7.06. The van der Waals surface area contributed by atoms with Crippen molar-refractivity contribution in [2.24, 2.45) is 22.9 Å². The zero-order valence-corrected chi connectivity index (χ0v) is 29.7. The molecule has 5 heteroatoms. The molecule has 0 aromatic heterocycles. The Hall–Kier alpha value is -0.200. The fourth-order valence-corrected chi connectivity index (χ4v) is 7.06. The molecule has 43 heavy (non-hydrogen) atoms. The third-order valence-corrected chi connectivity index (χ3v) is 9.87. The van der Waals surface area contributed by atoms with Gasteiger partial charge >= 0.3 is 0 Å². The minimum absolute atomic E-state index is 0.370. The smallest absolute Gasteiger partial charge is 0.0209 e. The molecule has 0 aliphatic heterocycles. The summed E-state index contributed by atoms with van der Waals surface area (Å²) in [6.45, 7) is 8.24. The maximum Gasteiger partial charge on any atom is 0.0209 e. The number of nitrogens with zero attached hydrogens (tertiary/aromatic N) is 1. The van der Waals surface area contributed by atoms with Gasteiger partial charge in [-0.05, 0) is 97.1 Å². The summed E-state index contributed by atoms with van der Waals surface area (Å²) < 4.78 is 0. The lowest BCUT2D eigenvalue weighted by molar-refractivity contribution is 0.0486. The quantitative estimate of drug-likeness (QED) is 0.0525. The fraction of sp³-hybridized carbons (Fsp3) is 1.00. The maximum atomic E-state index is 5.93. The molecular formula is C38H83N5. The molecule has 0 aliphatic rings. The summed E-state index contributed by atoms with van der Waals surface area (Å²) in [5.74, 6) is 0. The second kappa shape index (κ2) is 34.7. The molecule has 0 saturated heterocycles. The van der Waals surface area contributed by atoms with E-state index in [4.69, 9.17) is 22.9 Å². The third-order valence-electron chi connectivity index (χ3n) is 9.87. The Morgan fingerprint density at radius 1 is 0.326 bits per heavy atom. The molecule has 260 valence electrons. The normalized spacial score (nSPS) is 13.3. The molecule has 1 atom stereocenters. The highest BCUT2D eigenvalue weighted by Crippen LogP contribution is 2.36. The van der Waals surface area contributed by atoms with E-state index in [0.29, 0.717) is 5.54 Å². The minimum atomic E-state index is 0.370. The molecule has 0 saturated carbocycles. The Bertz CT molecular complexity index is 517. The van der Waals surface area contributed by atoms with Crippen LogP contribution < -0.4 is 22.9 Å². The summed E-state index contributed by atoms with van der Waals surface area (Å²) in [5.41, 5.74) is 23.7. The van der Waals surface area contributed by atoms with Crippen molar-refractivity contribution in [2.75, 3.05) is 39.3 Å². The van der Waals surface area contributed by atoms with Gasteiger partial charge in [-0.1, -0.05) is 142 Å². The minimum Gasteiger partial charge on any atom is -0.330 e. The molecule has 0 aliphatic carbocycles. The van der Waals surface area contributed by atoms with Crippen molar-refractivity contribution in [3.8, 4) is 0 Å². The van der Waals surface area contributed by atoms with Crippen molar-refractivity contribution in [1.29, 1.82) is 0 Å². The first-order chi connectivity index (χ1) is 21.2. The molecule has 0 heterocycles. The van der Waals surface area contributed by atoms with Gasteiger partial charge in [0, 0.05) is 5.54 Å². The van der Waals surface area contributed by atoms with Gasteiger partial charge in [-0.2, -0.15) is 0 Å². The highest BCUT2D eigenvalue weighted by molar-refractivity contribution is 4.91. The Morgan fingerprint density at radius 2 is 0.581 bits per heavy atom. The molecule has 0 spiro atoms. The SMILES string of the molecule is CCCCCCCCCCCC(CCCCCN)(CCCCCCN)N(CCCCCCCN)CCCCCCCCN. The summed E-state index contributed by atoms with van der Waals surface area (Å²) in [4.78, 5) is 3.05. The van der Waals surface area contributed by atoms with E-state index >= 15 is 0 Å². The van der Waals surface area contributed by atoms with Crippen LogP contribution in [0.5, 0.6) is 0 Å². The van der Waals surface area contributed by atoms with E-state index < -0.39 is 0 Å². The van der Waals surface area contributed by atoms with Crippen LogP contribution in [-0.2, 0) is 0 Å². The van der Waals surface area contributed by atoms with Crippen LogP contribution in [0.25, 0.3) is 0 Å². The second-order valence-electron chi connectivity index (χ2n) is 13.8. The summed E-state index contributed by atoms with van der Waals surface area (Å²) in [6.07, 6.45) is 40.3. The zero-order chi connectivity index (χ0) is 31.5. The lowest BCUT2D eigenvalue weighted by Gasteiger charge is -2.46. The van der Waals surface area contributed by atoms with Gasteiger partial charge in [-0.3, -0.25) is 4.90 Å². The largest absolute Gasteiger partial charge is 0.330 e. The van der Waals surface area contributed by atoms with Crippen LogP contribution in [0, 0.1) is 0 Å². The predicted octanol–water partition coefficient (Wildman–Crippen LogP) is 9.58. The van der Waals surface area contributed by atoms with Crippen LogP contribution in [0.4, 0.5) is 0 Å². The van der Waals surface area contributed by atoms with E-state index in [1.807, 2.05) is 0 Å². The van der Waals surface area contributed by atoms with Crippen LogP contribution in [0.15, 0.2) is 0 Å². The average molecular weight is 610 g/mol. The van der Waals surface area contributed by atoms with E-state index in [2.05, 4.69) is 11.8 Å². The Kier molecular flexibility index (Phi) is 34.5. The summed E-state index contributed by atoms with van der Waals surface area (Å²) in [6, 6.07) is 0. The second-order valence-corrected chi connectivity index (χ2v) is 13.8. The number of hydrogen-bond acceptors (Lipinski definition) is 5. The molecule has 0 rings (SSSR count). The number of unbranched alkanes of at least 4 members (excludes halogenated alkanes) is 22. The van der Waals surface area contributed by atoms with Crippen molar-refractivity contribution < 1.29 is 0 Å². The van der Waals surface area contributed by atoms with Gasteiger partial charge in [0.2, 0.25) is 0 Å².